The van der Waals surface area contributed by atoms with Gasteiger partial charge >= 0.3 is 6.18 Å². The number of aromatic nitrogens is 2. The maximum absolute atomic E-state index is 15.1. The Morgan fingerprint density at radius 2 is 2.06 bits per heavy atom. The number of amides is 2. The van der Waals surface area contributed by atoms with E-state index in [1.165, 1.54) is 30.0 Å². The number of nitrogens with one attached hydrogen (secondary N) is 1. The molecule has 1 unspecified atom stereocenters. The highest BCUT2D eigenvalue weighted by molar-refractivity contribution is 8.16. The molecule has 2 aromatic rings. The molecule has 2 amide bonds. The fourth-order valence-electron chi connectivity index (χ4n) is 5.11. The van der Waals surface area contributed by atoms with E-state index in [-0.39, 0.29) is 40.0 Å². The zero-order valence-corrected chi connectivity index (χ0v) is 19.8. The van der Waals surface area contributed by atoms with Crippen molar-refractivity contribution in [2.75, 3.05) is 18.5 Å². The van der Waals surface area contributed by atoms with Crippen LogP contribution >= 0.6 is 11.8 Å². The van der Waals surface area contributed by atoms with Gasteiger partial charge in [0, 0.05) is 23.7 Å². The van der Waals surface area contributed by atoms with Crippen molar-refractivity contribution in [3.63, 3.8) is 0 Å². The zero-order chi connectivity index (χ0) is 26.0. The number of anilines is 1. The number of aliphatic imine (C=N–C) groups is 1. The Morgan fingerprint density at radius 3 is 2.69 bits per heavy atom. The topological polar surface area (TPSA) is 123 Å². The van der Waals surface area contributed by atoms with E-state index < -0.39 is 40.7 Å². The number of benzene rings is 1. The van der Waals surface area contributed by atoms with Crippen molar-refractivity contribution in [3.05, 3.63) is 47.7 Å². The van der Waals surface area contributed by atoms with Gasteiger partial charge in [-0.2, -0.15) is 13.2 Å². The molecule has 1 saturated carbocycles. The summed E-state index contributed by atoms with van der Waals surface area (Å²) >= 11 is 1.22. The van der Waals surface area contributed by atoms with Crippen molar-refractivity contribution in [2.24, 2.45) is 16.6 Å². The Morgan fingerprint density at radius 1 is 1.31 bits per heavy atom. The van der Waals surface area contributed by atoms with E-state index in [1.54, 1.807) is 11.8 Å². The number of hydrogen-bond donors (Lipinski definition) is 2. The fourth-order valence-corrected chi connectivity index (χ4v) is 6.69. The number of thioether (sulfide) groups is 1. The van der Waals surface area contributed by atoms with E-state index >= 15 is 4.39 Å². The number of alkyl halides is 3. The Bertz CT molecular complexity index is 1290. The normalized spacial score (nSPS) is 28.4. The van der Waals surface area contributed by atoms with E-state index in [9.17, 15) is 22.8 Å². The van der Waals surface area contributed by atoms with Gasteiger partial charge in [-0.25, -0.2) is 14.4 Å². The van der Waals surface area contributed by atoms with E-state index in [2.05, 4.69) is 25.0 Å². The van der Waals surface area contributed by atoms with E-state index in [0.717, 1.165) is 12.4 Å². The van der Waals surface area contributed by atoms with Crippen molar-refractivity contribution in [1.29, 1.82) is 0 Å². The van der Waals surface area contributed by atoms with Crippen LogP contribution in [0, 0.1) is 11.7 Å². The molecule has 36 heavy (non-hydrogen) atoms. The van der Waals surface area contributed by atoms with Crippen LogP contribution < -0.4 is 15.8 Å². The van der Waals surface area contributed by atoms with Crippen LogP contribution in [-0.2, 0) is 10.3 Å². The Balaban J connectivity index is 1.37. The molecule has 14 heteroatoms. The summed E-state index contributed by atoms with van der Waals surface area (Å²) in [7, 11) is 0. The number of halogens is 4. The minimum Gasteiger partial charge on any atom is -0.467 e. The summed E-state index contributed by atoms with van der Waals surface area (Å²) in [6, 6.07) is 3.85. The van der Waals surface area contributed by atoms with Crippen molar-refractivity contribution in [3.8, 4) is 5.88 Å². The molecule has 1 aromatic heterocycles. The number of nitrogens with two attached hydrogens (primary N) is 1. The standard InChI is InChI=1S/C22H20F4N6O3S/c1-3-32-16-15-20(2,31-19(27)36-22(15,16)18(32)34)11-6-10(4-5-12(11)23)30-17(33)13-7-29-14(8-28-13)35-9-21(24,25)26/h4-8,15-16H,3,9H2,1-2H3,(H2,27,31)(H,30,33)/t15-,16?,20+,22+/m0/s1. The molecule has 0 bridgehead atoms. The van der Waals surface area contributed by atoms with Crippen LogP contribution in [0.2, 0.25) is 0 Å². The predicted octanol–water partition coefficient (Wildman–Crippen LogP) is 2.69. The first-order chi connectivity index (χ1) is 16.9. The van der Waals surface area contributed by atoms with E-state index in [4.69, 9.17) is 5.73 Å². The number of likely N-dealkylation sites (tertiary alicyclic amines) is 1. The summed E-state index contributed by atoms with van der Waals surface area (Å²) in [6.45, 7) is 2.58. The number of fused-ring (bicyclic) bond motifs is 1. The lowest BCUT2D eigenvalue weighted by atomic mass is 9.85. The molecule has 3 aliphatic rings. The molecule has 1 aliphatic carbocycles. The first kappa shape index (κ1) is 24.3. The van der Waals surface area contributed by atoms with Gasteiger partial charge < -0.3 is 20.7 Å². The smallest absolute Gasteiger partial charge is 0.422 e. The van der Waals surface area contributed by atoms with Gasteiger partial charge in [0.05, 0.1) is 24.0 Å². The number of carbonyl (C=O) groups is 2. The number of nitrogens with zero attached hydrogens (tertiary/aromatic N) is 4. The quantitative estimate of drug-likeness (QED) is 0.440. The Hall–Kier alpha value is -3.42. The summed E-state index contributed by atoms with van der Waals surface area (Å²) in [6.07, 6.45) is -2.68. The van der Waals surface area contributed by atoms with Gasteiger partial charge in [-0.15, -0.1) is 0 Å². The molecule has 4 atom stereocenters. The van der Waals surface area contributed by atoms with E-state index in [1.807, 2.05) is 6.92 Å². The molecule has 1 aromatic carbocycles. The Kier molecular flexibility index (Phi) is 5.43. The molecule has 3 heterocycles. The average molecular weight is 525 g/mol. The second-order valence-electron chi connectivity index (χ2n) is 8.80. The lowest BCUT2D eigenvalue weighted by Gasteiger charge is -2.37. The molecule has 3 N–H and O–H groups in total. The molecule has 5 rings (SSSR count). The molecular weight excluding hydrogens is 504 g/mol. The average Bonchev–Trinajstić information content (AvgIpc) is 3.43. The number of hydrogen-bond acceptors (Lipinski definition) is 8. The van der Waals surface area contributed by atoms with Crippen LogP contribution in [0.25, 0.3) is 0 Å². The van der Waals surface area contributed by atoms with E-state index in [0.29, 0.717) is 6.54 Å². The molecule has 2 fully saturated rings. The zero-order valence-electron chi connectivity index (χ0n) is 19.0. The second kappa shape index (κ2) is 8.05. The second-order valence-corrected chi connectivity index (χ2v) is 10.1. The third-order valence-corrected chi connectivity index (χ3v) is 7.92. The summed E-state index contributed by atoms with van der Waals surface area (Å²) < 4.78 is 55.6. The van der Waals surface area contributed by atoms with Crippen LogP contribution in [0.15, 0.2) is 35.6 Å². The van der Waals surface area contributed by atoms with Crippen LogP contribution in [0.4, 0.5) is 23.2 Å². The Labute approximate surface area is 206 Å². The molecule has 2 aliphatic heterocycles. The van der Waals surface area contributed by atoms with Crippen molar-refractivity contribution < 1.29 is 31.9 Å². The molecule has 190 valence electrons. The summed E-state index contributed by atoms with van der Waals surface area (Å²) in [5.74, 6) is -2.01. The summed E-state index contributed by atoms with van der Waals surface area (Å²) in [4.78, 5) is 39.1. The van der Waals surface area contributed by atoms with Gasteiger partial charge in [0.25, 0.3) is 5.91 Å². The number of ether oxygens (including phenoxy) is 1. The van der Waals surface area contributed by atoms with Gasteiger partial charge in [0.15, 0.2) is 11.8 Å². The minimum atomic E-state index is -4.54. The highest BCUT2D eigenvalue weighted by Gasteiger charge is 2.87. The minimum absolute atomic E-state index is 0.0415. The van der Waals surface area contributed by atoms with Gasteiger partial charge in [-0.3, -0.25) is 14.6 Å². The molecule has 1 spiro atoms. The van der Waals surface area contributed by atoms with Crippen LogP contribution in [0.1, 0.15) is 29.9 Å². The molecule has 9 nitrogen and oxygen atoms in total. The van der Waals surface area contributed by atoms with Gasteiger partial charge in [0.2, 0.25) is 11.8 Å². The number of β-lactam (4-membered cyclic amide) rings is 1. The first-order valence-corrected chi connectivity index (χ1v) is 11.7. The van der Waals surface area contributed by atoms with Crippen molar-refractivity contribution in [2.45, 2.75) is 36.4 Å². The monoisotopic (exact) mass is 524 g/mol. The third kappa shape index (κ3) is 3.65. The number of carbonyl (C=O) groups excluding carboxylic acids is 2. The van der Waals surface area contributed by atoms with Crippen molar-refractivity contribution in [1.82, 2.24) is 14.9 Å². The SMILES string of the molecule is CCN1C(=O)[C@@]23SC(N)=N[C@](C)(c4cc(NC(=O)c5cnc(OCC(F)(F)F)cn5)ccc4F)[C@@H]2C13. The summed E-state index contributed by atoms with van der Waals surface area (Å²) in [5, 5.41) is 2.76. The van der Waals surface area contributed by atoms with Crippen LogP contribution in [-0.4, -0.2) is 62.0 Å². The van der Waals surface area contributed by atoms with Crippen LogP contribution in [0.5, 0.6) is 5.88 Å². The number of rotatable bonds is 6. The molecule has 0 radical (unpaired) electrons. The van der Waals surface area contributed by atoms with Crippen molar-refractivity contribution >= 4 is 34.4 Å². The highest BCUT2D eigenvalue weighted by Crippen LogP contribution is 2.73. The lowest BCUT2D eigenvalue weighted by Crippen LogP contribution is -2.55. The molecular formula is C22H20F4N6O3S. The first-order valence-electron chi connectivity index (χ1n) is 10.9. The summed E-state index contributed by atoms with van der Waals surface area (Å²) in [5.41, 5.74) is 5.13. The van der Waals surface area contributed by atoms with Gasteiger partial charge in [0.1, 0.15) is 16.3 Å². The van der Waals surface area contributed by atoms with Gasteiger partial charge in [-0.05, 0) is 32.0 Å². The predicted molar refractivity (Wildman–Crippen MR) is 122 cm³/mol. The maximum Gasteiger partial charge on any atom is 0.422 e. The van der Waals surface area contributed by atoms with Gasteiger partial charge in [-0.1, -0.05) is 11.8 Å². The highest BCUT2D eigenvalue weighted by atomic mass is 32.2. The number of amidine groups is 1. The van der Waals surface area contributed by atoms with Crippen LogP contribution in [0.3, 0.4) is 0 Å². The largest absolute Gasteiger partial charge is 0.467 e. The fraction of sp³-hybridized carbons (Fsp3) is 0.409. The maximum atomic E-state index is 15.1. The third-order valence-electron chi connectivity index (χ3n) is 6.62. The molecule has 1 saturated heterocycles. The lowest BCUT2D eigenvalue weighted by molar-refractivity contribution is -0.154.